The Hall–Kier alpha value is -3.15. The average molecular weight is 408 g/mol. The summed E-state index contributed by atoms with van der Waals surface area (Å²) >= 11 is 0. The predicted octanol–water partition coefficient (Wildman–Crippen LogP) is 4.05. The molecule has 0 atom stereocenters. The van der Waals surface area contributed by atoms with Gasteiger partial charge in [0.15, 0.2) is 0 Å². The van der Waals surface area contributed by atoms with E-state index in [-0.39, 0.29) is 18.4 Å². The monoisotopic (exact) mass is 407 g/mol. The van der Waals surface area contributed by atoms with E-state index in [2.05, 4.69) is 5.32 Å². The zero-order valence-corrected chi connectivity index (χ0v) is 17.7. The van der Waals surface area contributed by atoms with E-state index < -0.39 is 0 Å². The Kier molecular flexibility index (Phi) is 7.60. The quantitative estimate of drug-likeness (QED) is 0.406. The highest BCUT2D eigenvalue weighted by molar-refractivity contribution is 5.94. The fourth-order valence-corrected chi connectivity index (χ4v) is 3.42. The number of carbonyl (C=O) groups is 2. The molecule has 1 amide bonds. The summed E-state index contributed by atoms with van der Waals surface area (Å²) in [6.45, 7) is 5.00. The SMILES string of the molecule is CCOC(=O)Cn1c(CCCCCNC(=O)c2ccc(C)cc2)nc2ccccc21. The largest absolute Gasteiger partial charge is 0.465 e. The summed E-state index contributed by atoms with van der Waals surface area (Å²) in [5.74, 6) is 0.611. The smallest absolute Gasteiger partial charge is 0.326 e. The standard InChI is InChI=1S/C24H29N3O3/c1-3-30-23(28)17-27-21-10-7-6-9-20(21)26-22(27)11-5-4-8-16-25-24(29)19-14-12-18(2)13-15-19/h6-7,9-10,12-15H,3-5,8,11,16-17H2,1-2H3,(H,25,29). The summed E-state index contributed by atoms with van der Waals surface area (Å²) in [6.07, 6.45) is 3.58. The second kappa shape index (κ2) is 10.6. The van der Waals surface area contributed by atoms with Crippen LogP contribution in [0.25, 0.3) is 11.0 Å². The first-order valence-electron chi connectivity index (χ1n) is 10.5. The molecule has 2 aromatic carbocycles. The molecule has 0 aliphatic rings. The minimum atomic E-state index is -0.249. The van der Waals surface area contributed by atoms with Gasteiger partial charge in [0.25, 0.3) is 5.91 Å². The van der Waals surface area contributed by atoms with E-state index >= 15 is 0 Å². The third-order valence-electron chi connectivity index (χ3n) is 5.00. The molecule has 0 fully saturated rings. The van der Waals surface area contributed by atoms with Gasteiger partial charge in [-0.3, -0.25) is 9.59 Å². The molecule has 6 heteroatoms. The van der Waals surface area contributed by atoms with Crippen molar-refractivity contribution in [3.63, 3.8) is 0 Å². The van der Waals surface area contributed by atoms with Crippen molar-refractivity contribution in [3.8, 4) is 0 Å². The highest BCUT2D eigenvalue weighted by Crippen LogP contribution is 2.18. The first-order valence-corrected chi connectivity index (χ1v) is 10.5. The fraction of sp³-hybridized carbons (Fsp3) is 0.375. The van der Waals surface area contributed by atoms with Crippen molar-refractivity contribution in [2.45, 2.75) is 46.1 Å². The highest BCUT2D eigenvalue weighted by Gasteiger charge is 2.14. The van der Waals surface area contributed by atoms with E-state index in [1.807, 2.05) is 66.9 Å². The molecular formula is C24H29N3O3. The fourth-order valence-electron chi connectivity index (χ4n) is 3.42. The summed E-state index contributed by atoms with van der Waals surface area (Å²) in [6, 6.07) is 15.4. The maximum atomic E-state index is 12.1. The lowest BCUT2D eigenvalue weighted by atomic mass is 10.1. The molecule has 0 radical (unpaired) electrons. The molecule has 1 N–H and O–H groups in total. The first kappa shape index (κ1) is 21.6. The van der Waals surface area contributed by atoms with Gasteiger partial charge in [-0.25, -0.2) is 4.98 Å². The number of fused-ring (bicyclic) bond motifs is 1. The molecule has 0 spiro atoms. The van der Waals surface area contributed by atoms with Gasteiger partial charge < -0.3 is 14.6 Å². The van der Waals surface area contributed by atoms with Crippen LogP contribution in [-0.2, 0) is 22.5 Å². The van der Waals surface area contributed by atoms with Gasteiger partial charge >= 0.3 is 5.97 Å². The molecule has 3 rings (SSSR count). The van der Waals surface area contributed by atoms with Crippen LogP contribution in [0.3, 0.4) is 0 Å². The van der Waals surface area contributed by atoms with Gasteiger partial charge in [-0.15, -0.1) is 0 Å². The van der Waals surface area contributed by atoms with Crippen LogP contribution in [0.15, 0.2) is 48.5 Å². The van der Waals surface area contributed by atoms with Crippen LogP contribution < -0.4 is 5.32 Å². The van der Waals surface area contributed by atoms with E-state index in [0.29, 0.717) is 18.7 Å². The second-order valence-corrected chi connectivity index (χ2v) is 7.34. The third-order valence-corrected chi connectivity index (χ3v) is 5.00. The summed E-state index contributed by atoms with van der Waals surface area (Å²) in [4.78, 5) is 28.9. The van der Waals surface area contributed by atoms with Gasteiger partial charge in [0.05, 0.1) is 17.6 Å². The Morgan fingerprint density at radius 2 is 1.80 bits per heavy atom. The predicted molar refractivity (Wildman–Crippen MR) is 117 cm³/mol. The number of nitrogens with zero attached hydrogens (tertiary/aromatic N) is 2. The van der Waals surface area contributed by atoms with Gasteiger partial charge in [-0.05, 0) is 51.0 Å². The van der Waals surface area contributed by atoms with Crippen molar-refractivity contribution < 1.29 is 14.3 Å². The Labute approximate surface area is 177 Å². The summed E-state index contributed by atoms with van der Waals surface area (Å²) in [7, 11) is 0. The van der Waals surface area contributed by atoms with Gasteiger partial charge in [-0.1, -0.05) is 36.2 Å². The van der Waals surface area contributed by atoms with Gasteiger partial charge in [0.2, 0.25) is 0 Å². The minimum Gasteiger partial charge on any atom is -0.465 e. The zero-order valence-electron chi connectivity index (χ0n) is 17.7. The van der Waals surface area contributed by atoms with Crippen molar-refractivity contribution >= 4 is 22.9 Å². The molecule has 30 heavy (non-hydrogen) atoms. The maximum absolute atomic E-state index is 12.1. The molecule has 6 nitrogen and oxygen atoms in total. The number of benzene rings is 2. The minimum absolute atomic E-state index is 0.0359. The number of rotatable bonds is 10. The van der Waals surface area contributed by atoms with Crippen LogP contribution in [0.1, 0.15) is 47.9 Å². The van der Waals surface area contributed by atoms with Crippen LogP contribution in [0, 0.1) is 6.92 Å². The third kappa shape index (κ3) is 5.69. The lowest BCUT2D eigenvalue weighted by Crippen LogP contribution is -2.24. The van der Waals surface area contributed by atoms with E-state index in [1.54, 1.807) is 0 Å². The number of imidazole rings is 1. The topological polar surface area (TPSA) is 73.2 Å². The van der Waals surface area contributed by atoms with E-state index in [9.17, 15) is 9.59 Å². The van der Waals surface area contributed by atoms with Crippen molar-refractivity contribution in [1.82, 2.24) is 14.9 Å². The second-order valence-electron chi connectivity index (χ2n) is 7.34. The van der Waals surface area contributed by atoms with Crippen molar-refractivity contribution in [1.29, 1.82) is 0 Å². The number of hydrogen-bond donors (Lipinski definition) is 1. The number of hydrogen-bond acceptors (Lipinski definition) is 4. The Morgan fingerprint density at radius 3 is 2.57 bits per heavy atom. The van der Waals surface area contributed by atoms with Crippen LogP contribution >= 0.6 is 0 Å². The molecule has 0 aliphatic heterocycles. The number of nitrogens with one attached hydrogen (secondary N) is 1. The number of esters is 1. The van der Waals surface area contributed by atoms with Crippen molar-refractivity contribution in [3.05, 3.63) is 65.5 Å². The van der Waals surface area contributed by atoms with E-state index in [1.165, 1.54) is 0 Å². The molecular weight excluding hydrogens is 378 g/mol. The molecule has 0 bridgehead atoms. The van der Waals surface area contributed by atoms with Crippen molar-refractivity contribution in [2.75, 3.05) is 13.2 Å². The molecule has 0 unspecified atom stereocenters. The number of unbranched alkanes of at least 4 members (excludes halogenated alkanes) is 2. The van der Waals surface area contributed by atoms with Crippen LogP contribution in [0.4, 0.5) is 0 Å². The highest BCUT2D eigenvalue weighted by atomic mass is 16.5. The number of ether oxygens (including phenoxy) is 1. The average Bonchev–Trinajstić information content (AvgIpc) is 3.08. The molecule has 1 aromatic heterocycles. The normalized spacial score (nSPS) is 10.9. The molecule has 3 aromatic rings. The van der Waals surface area contributed by atoms with Crippen molar-refractivity contribution in [2.24, 2.45) is 0 Å². The first-order chi connectivity index (χ1) is 14.6. The lowest BCUT2D eigenvalue weighted by molar-refractivity contribution is -0.143. The van der Waals surface area contributed by atoms with E-state index in [4.69, 9.17) is 9.72 Å². The lowest BCUT2D eigenvalue weighted by Gasteiger charge is -2.09. The number of aromatic nitrogens is 2. The number of para-hydroxylation sites is 2. The summed E-state index contributed by atoms with van der Waals surface area (Å²) in [5.41, 5.74) is 3.67. The van der Waals surface area contributed by atoms with Gasteiger partial charge in [-0.2, -0.15) is 0 Å². The summed E-state index contributed by atoms with van der Waals surface area (Å²) in [5, 5.41) is 2.97. The molecule has 1 heterocycles. The Bertz CT molecular complexity index is 993. The Balaban J connectivity index is 1.49. The molecule has 0 saturated heterocycles. The number of carbonyl (C=O) groups excluding carboxylic acids is 2. The van der Waals surface area contributed by atoms with Crippen LogP contribution in [0.2, 0.25) is 0 Å². The maximum Gasteiger partial charge on any atom is 0.326 e. The molecule has 0 saturated carbocycles. The summed E-state index contributed by atoms with van der Waals surface area (Å²) < 4.78 is 7.07. The molecule has 0 aliphatic carbocycles. The number of amides is 1. The van der Waals surface area contributed by atoms with E-state index in [0.717, 1.165) is 48.1 Å². The van der Waals surface area contributed by atoms with Gasteiger partial charge in [0, 0.05) is 18.5 Å². The Morgan fingerprint density at radius 1 is 1.03 bits per heavy atom. The number of aryl methyl sites for hydroxylation is 2. The molecule has 158 valence electrons. The van der Waals surface area contributed by atoms with Crippen LogP contribution in [0.5, 0.6) is 0 Å². The van der Waals surface area contributed by atoms with Gasteiger partial charge in [0.1, 0.15) is 12.4 Å². The zero-order chi connectivity index (χ0) is 21.3. The van der Waals surface area contributed by atoms with Crippen LogP contribution in [-0.4, -0.2) is 34.6 Å².